The molecule has 3 nitrogen and oxygen atoms in total. The van der Waals surface area contributed by atoms with Crippen LogP contribution in [0, 0.1) is 11.3 Å². The largest absolute Gasteiger partial charge is 0.433 e. The standard InChI is InChI=1S/C7H3NO2/c8-4-6-3-5-1-2-9-7(5)10-6/h1-3H. The summed E-state index contributed by atoms with van der Waals surface area (Å²) in [5.41, 5.74) is 0. The first-order valence-corrected chi connectivity index (χ1v) is 2.77. The Balaban J connectivity index is 2.81. The summed E-state index contributed by atoms with van der Waals surface area (Å²) in [5, 5.41) is 9.20. The second-order valence-electron chi connectivity index (χ2n) is 1.89. The van der Waals surface area contributed by atoms with E-state index in [9.17, 15) is 0 Å². The van der Waals surface area contributed by atoms with E-state index in [0.717, 1.165) is 5.39 Å². The Labute approximate surface area is 56.5 Å². The summed E-state index contributed by atoms with van der Waals surface area (Å²) in [6.07, 6.45) is 1.52. The van der Waals surface area contributed by atoms with Crippen molar-refractivity contribution in [3.05, 3.63) is 24.2 Å². The first-order valence-electron chi connectivity index (χ1n) is 2.77. The maximum atomic E-state index is 8.37. The van der Waals surface area contributed by atoms with Crippen molar-refractivity contribution >= 4 is 11.2 Å². The molecule has 10 heavy (non-hydrogen) atoms. The molecular weight excluding hydrogens is 130 g/mol. The van der Waals surface area contributed by atoms with Gasteiger partial charge in [0.05, 0.1) is 11.6 Å². The molecule has 0 aliphatic heterocycles. The van der Waals surface area contributed by atoms with Gasteiger partial charge in [-0.25, -0.2) is 0 Å². The predicted octanol–water partition coefficient (Wildman–Crippen LogP) is 1.90. The maximum Gasteiger partial charge on any atom is 0.298 e. The first-order chi connectivity index (χ1) is 4.90. The van der Waals surface area contributed by atoms with Crippen molar-refractivity contribution in [2.75, 3.05) is 0 Å². The van der Waals surface area contributed by atoms with E-state index in [1.807, 2.05) is 6.07 Å². The Morgan fingerprint density at radius 2 is 2.40 bits per heavy atom. The molecule has 0 bridgehead atoms. The molecule has 0 spiro atoms. The molecule has 0 saturated heterocycles. The number of hydrogen-bond donors (Lipinski definition) is 0. The quantitative estimate of drug-likeness (QED) is 0.551. The summed E-state index contributed by atoms with van der Waals surface area (Å²) in [6, 6.07) is 5.26. The smallest absolute Gasteiger partial charge is 0.298 e. The van der Waals surface area contributed by atoms with Gasteiger partial charge in [0.25, 0.3) is 5.78 Å². The van der Waals surface area contributed by atoms with Gasteiger partial charge in [0.1, 0.15) is 6.07 Å². The van der Waals surface area contributed by atoms with Crippen LogP contribution in [-0.2, 0) is 0 Å². The summed E-state index contributed by atoms with van der Waals surface area (Å²) in [6.45, 7) is 0. The van der Waals surface area contributed by atoms with Crippen molar-refractivity contribution < 1.29 is 8.83 Å². The molecule has 0 atom stereocenters. The van der Waals surface area contributed by atoms with Crippen LogP contribution in [0.3, 0.4) is 0 Å². The maximum absolute atomic E-state index is 8.37. The van der Waals surface area contributed by atoms with Crippen molar-refractivity contribution in [3.8, 4) is 6.07 Å². The van der Waals surface area contributed by atoms with Crippen molar-refractivity contribution in [1.29, 1.82) is 5.26 Å². The van der Waals surface area contributed by atoms with Gasteiger partial charge < -0.3 is 8.83 Å². The normalized spacial score (nSPS) is 9.90. The Bertz CT molecular complexity index is 362. The van der Waals surface area contributed by atoms with Crippen LogP contribution in [0.2, 0.25) is 0 Å². The highest BCUT2D eigenvalue weighted by Crippen LogP contribution is 2.18. The third kappa shape index (κ3) is 0.531. The fraction of sp³-hybridized carbons (Fsp3) is 0. The molecule has 2 heterocycles. The van der Waals surface area contributed by atoms with Gasteiger partial charge in [0.15, 0.2) is 0 Å². The molecule has 2 aromatic rings. The lowest BCUT2D eigenvalue weighted by Gasteiger charge is -1.71. The minimum atomic E-state index is 0.286. The molecule has 48 valence electrons. The van der Waals surface area contributed by atoms with Gasteiger partial charge in [-0.15, -0.1) is 0 Å². The van der Waals surface area contributed by atoms with E-state index in [2.05, 4.69) is 0 Å². The van der Waals surface area contributed by atoms with Gasteiger partial charge >= 0.3 is 0 Å². The van der Waals surface area contributed by atoms with Gasteiger partial charge in [-0.3, -0.25) is 0 Å². The minimum Gasteiger partial charge on any atom is -0.433 e. The second-order valence-corrected chi connectivity index (χ2v) is 1.89. The molecule has 0 unspecified atom stereocenters. The molecule has 0 aromatic carbocycles. The van der Waals surface area contributed by atoms with E-state index in [4.69, 9.17) is 14.1 Å². The highest BCUT2D eigenvalue weighted by atomic mass is 16.5. The summed E-state index contributed by atoms with van der Waals surface area (Å²) in [7, 11) is 0. The van der Waals surface area contributed by atoms with Gasteiger partial charge in [-0.1, -0.05) is 0 Å². The monoisotopic (exact) mass is 133 g/mol. The van der Waals surface area contributed by atoms with E-state index in [1.54, 1.807) is 12.1 Å². The number of fused-ring (bicyclic) bond motifs is 1. The molecule has 0 aliphatic carbocycles. The van der Waals surface area contributed by atoms with Crippen LogP contribution in [-0.4, -0.2) is 0 Å². The van der Waals surface area contributed by atoms with Crippen LogP contribution in [0.5, 0.6) is 0 Å². The third-order valence-corrected chi connectivity index (χ3v) is 1.26. The minimum absolute atomic E-state index is 0.286. The third-order valence-electron chi connectivity index (χ3n) is 1.26. The number of nitriles is 1. The van der Waals surface area contributed by atoms with Gasteiger partial charge in [0, 0.05) is 6.07 Å². The zero-order valence-electron chi connectivity index (χ0n) is 5.00. The Hall–Kier alpha value is -1.69. The molecule has 0 saturated carbocycles. The van der Waals surface area contributed by atoms with Crippen LogP contribution < -0.4 is 0 Å². The van der Waals surface area contributed by atoms with Crippen molar-refractivity contribution in [2.24, 2.45) is 0 Å². The molecule has 2 aromatic heterocycles. The second kappa shape index (κ2) is 1.64. The number of furan rings is 2. The van der Waals surface area contributed by atoms with E-state index < -0.39 is 0 Å². The van der Waals surface area contributed by atoms with E-state index in [1.165, 1.54) is 6.26 Å². The summed E-state index contributed by atoms with van der Waals surface area (Å²) < 4.78 is 9.81. The average Bonchev–Trinajstić information content (AvgIpc) is 2.42. The molecule has 0 amide bonds. The van der Waals surface area contributed by atoms with Gasteiger partial charge in [-0.2, -0.15) is 5.26 Å². The highest BCUT2D eigenvalue weighted by molar-refractivity contribution is 5.73. The van der Waals surface area contributed by atoms with Crippen LogP contribution >= 0.6 is 0 Å². The molecule has 0 N–H and O–H groups in total. The lowest BCUT2D eigenvalue weighted by atomic mass is 10.4. The Morgan fingerprint density at radius 1 is 1.50 bits per heavy atom. The SMILES string of the molecule is N#Cc1cc2ccoc2o1. The fourth-order valence-corrected chi connectivity index (χ4v) is 0.821. The summed E-state index contributed by atoms with van der Waals surface area (Å²) in [5.74, 6) is 0.700. The lowest BCUT2D eigenvalue weighted by molar-refractivity contribution is 0.471. The molecule has 0 radical (unpaired) electrons. The zero-order valence-corrected chi connectivity index (χ0v) is 5.00. The highest BCUT2D eigenvalue weighted by Gasteiger charge is 2.03. The van der Waals surface area contributed by atoms with Gasteiger partial charge in [0.2, 0.25) is 5.76 Å². The van der Waals surface area contributed by atoms with E-state index in [0.29, 0.717) is 5.78 Å². The van der Waals surface area contributed by atoms with E-state index in [-0.39, 0.29) is 5.76 Å². The van der Waals surface area contributed by atoms with E-state index >= 15 is 0 Å². The number of hydrogen-bond acceptors (Lipinski definition) is 3. The molecule has 0 fully saturated rings. The average molecular weight is 133 g/mol. The van der Waals surface area contributed by atoms with Crippen LogP contribution in [0.25, 0.3) is 11.2 Å². The topological polar surface area (TPSA) is 50.1 Å². The van der Waals surface area contributed by atoms with Crippen LogP contribution in [0.15, 0.2) is 27.2 Å². The molecule has 3 heteroatoms. The van der Waals surface area contributed by atoms with Crippen molar-refractivity contribution in [2.45, 2.75) is 0 Å². The fourth-order valence-electron chi connectivity index (χ4n) is 0.821. The molecule has 2 rings (SSSR count). The Morgan fingerprint density at radius 3 is 3.10 bits per heavy atom. The Kier molecular flexibility index (Phi) is 0.842. The summed E-state index contributed by atoms with van der Waals surface area (Å²) >= 11 is 0. The van der Waals surface area contributed by atoms with Gasteiger partial charge in [-0.05, 0) is 6.07 Å². The number of nitrogens with zero attached hydrogens (tertiary/aromatic N) is 1. The number of rotatable bonds is 0. The van der Waals surface area contributed by atoms with Crippen molar-refractivity contribution in [3.63, 3.8) is 0 Å². The molecule has 0 aliphatic rings. The van der Waals surface area contributed by atoms with Crippen LogP contribution in [0.4, 0.5) is 0 Å². The predicted molar refractivity (Wildman–Crippen MR) is 33.2 cm³/mol. The molecular formula is C7H3NO2. The van der Waals surface area contributed by atoms with Crippen LogP contribution in [0.1, 0.15) is 5.76 Å². The summed E-state index contributed by atoms with van der Waals surface area (Å²) in [4.78, 5) is 0. The zero-order chi connectivity index (χ0) is 6.97. The van der Waals surface area contributed by atoms with Crippen molar-refractivity contribution in [1.82, 2.24) is 0 Å². The first kappa shape index (κ1) is 5.12. The lowest BCUT2D eigenvalue weighted by Crippen LogP contribution is -1.56.